The van der Waals surface area contributed by atoms with Crippen LogP contribution in [0.5, 0.6) is 5.75 Å². The van der Waals surface area contributed by atoms with E-state index >= 15 is 0 Å². The van der Waals surface area contributed by atoms with Crippen molar-refractivity contribution >= 4 is 5.69 Å². The predicted molar refractivity (Wildman–Crippen MR) is 80.1 cm³/mol. The van der Waals surface area contributed by atoms with E-state index in [4.69, 9.17) is 5.11 Å². The van der Waals surface area contributed by atoms with Crippen molar-refractivity contribution < 1.29 is 28.1 Å². The zero-order valence-corrected chi connectivity index (χ0v) is 12.0. The molecule has 2 rings (SSSR count). The maximum atomic E-state index is 12.1. The van der Waals surface area contributed by atoms with Gasteiger partial charge in [0.05, 0.1) is 12.7 Å². The molecule has 0 fully saturated rings. The Morgan fingerprint density at radius 3 is 1.96 bits per heavy atom. The highest BCUT2D eigenvalue weighted by Crippen LogP contribution is 2.27. The van der Waals surface area contributed by atoms with Gasteiger partial charge in [0.1, 0.15) is 5.75 Å². The topological polar surface area (TPSA) is 61.7 Å². The predicted octanol–water partition coefficient (Wildman–Crippen LogP) is 3.02. The number of hydrogen-bond donors (Lipinski definition) is 3. The van der Waals surface area contributed by atoms with Gasteiger partial charge in [0.25, 0.3) is 0 Å². The molecule has 0 saturated heterocycles. The lowest BCUT2D eigenvalue weighted by atomic mass is 10.1. The SMILES string of the molecule is OCC(O)CNc1ccc(-c2ccc(OC(F)(F)F)cc2)cc1. The van der Waals surface area contributed by atoms with Crippen LogP contribution in [0.2, 0.25) is 0 Å². The first-order chi connectivity index (χ1) is 10.9. The van der Waals surface area contributed by atoms with Gasteiger partial charge in [0.15, 0.2) is 0 Å². The summed E-state index contributed by atoms with van der Waals surface area (Å²) in [7, 11) is 0. The minimum Gasteiger partial charge on any atom is -0.406 e. The van der Waals surface area contributed by atoms with Crippen LogP contribution in [0.1, 0.15) is 0 Å². The number of halogens is 3. The van der Waals surface area contributed by atoms with E-state index in [0.29, 0.717) is 0 Å². The van der Waals surface area contributed by atoms with Crippen molar-refractivity contribution in [2.24, 2.45) is 0 Å². The number of benzene rings is 2. The van der Waals surface area contributed by atoms with Crippen LogP contribution < -0.4 is 10.1 Å². The average Bonchev–Trinajstić information content (AvgIpc) is 2.52. The monoisotopic (exact) mass is 327 g/mol. The van der Waals surface area contributed by atoms with E-state index < -0.39 is 12.5 Å². The number of hydrogen-bond acceptors (Lipinski definition) is 4. The van der Waals surface area contributed by atoms with Gasteiger partial charge in [-0.25, -0.2) is 0 Å². The molecule has 0 amide bonds. The Kier molecular flexibility index (Phi) is 5.46. The number of rotatable bonds is 6. The molecule has 0 aliphatic rings. The average molecular weight is 327 g/mol. The Bertz CT molecular complexity index is 612. The van der Waals surface area contributed by atoms with Gasteiger partial charge in [-0.1, -0.05) is 24.3 Å². The molecule has 4 nitrogen and oxygen atoms in total. The molecular weight excluding hydrogens is 311 g/mol. The van der Waals surface area contributed by atoms with Crippen LogP contribution in [0.15, 0.2) is 48.5 Å². The van der Waals surface area contributed by atoms with Crippen LogP contribution in [-0.2, 0) is 0 Å². The first kappa shape index (κ1) is 17.1. The number of aliphatic hydroxyl groups is 2. The molecule has 0 spiro atoms. The quantitative estimate of drug-likeness (QED) is 0.763. The van der Waals surface area contributed by atoms with Crippen LogP contribution in [0.4, 0.5) is 18.9 Å². The van der Waals surface area contributed by atoms with Gasteiger partial charge >= 0.3 is 6.36 Å². The van der Waals surface area contributed by atoms with Gasteiger partial charge < -0.3 is 20.3 Å². The summed E-state index contributed by atoms with van der Waals surface area (Å²) in [4.78, 5) is 0. The van der Waals surface area contributed by atoms with Gasteiger partial charge in [0.2, 0.25) is 0 Å². The van der Waals surface area contributed by atoms with Crippen molar-refractivity contribution in [3.63, 3.8) is 0 Å². The second-order valence-electron chi connectivity index (χ2n) is 4.87. The van der Waals surface area contributed by atoms with Crippen molar-refractivity contribution in [1.29, 1.82) is 0 Å². The number of aliphatic hydroxyl groups excluding tert-OH is 2. The molecule has 0 aliphatic heterocycles. The third-order valence-corrected chi connectivity index (χ3v) is 3.06. The summed E-state index contributed by atoms with van der Waals surface area (Å²) in [6, 6.07) is 12.7. The summed E-state index contributed by atoms with van der Waals surface area (Å²) >= 11 is 0. The fourth-order valence-electron chi connectivity index (χ4n) is 1.93. The molecule has 2 aromatic carbocycles. The maximum Gasteiger partial charge on any atom is 0.573 e. The van der Waals surface area contributed by atoms with E-state index in [1.165, 1.54) is 12.1 Å². The largest absolute Gasteiger partial charge is 0.573 e. The molecule has 23 heavy (non-hydrogen) atoms. The molecule has 124 valence electrons. The summed E-state index contributed by atoms with van der Waals surface area (Å²) in [5.74, 6) is -0.266. The summed E-state index contributed by atoms with van der Waals surface area (Å²) in [6.45, 7) is -0.100. The first-order valence-electron chi connectivity index (χ1n) is 6.86. The molecule has 0 aliphatic carbocycles. The summed E-state index contributed by atoms with van der Waals surface area (Å²) < 4.78 is 40.1. The Labute approximate surface area is 131 Å². The Morgan fingerprint density at radius 2 is 1.48 bits per heavy atom. The smallest absolute Gasteiger partial charge is 0.406 e. The molecule has 2 aromatic rings. The van der Waals surface area contributed by atoms with Crippen LogP contribution >= 0.6 is 0 Å². The molecule has 0 aromatic heterocycles. The molecule has 1 unspecified atom stereocenters. The van der Waals surface area contributed by atoms with Gasteiger partial charge in [-0.2, -0.15) is 0 Å². The highest BCUT2D eigenvalue weighted by atomic mass is 19.4. The summed E-state index contributed by atoms with van der Waals surface area (Å²) in [5, 5.41) is 20.9. The fourth-order valence-corrected chi connectivity index (χ4v) is 1.93. The number of ether oxygens (including phenoxy) is 1. The number of alkyl halides is 3. The van der Waals surface area contributed by atoms with Crippen molar-refractivity contribution in [3.8, 4) is 16.9 Å². The highest BCUT2D eigenvalue weighted by molar-refractivity contribution is 5.66. The zero-order valence-electron chi connectivity index (χ0n) is 12.0. The minimum absolute atomic E-state index is 0.222. The zero-order chi connectivity index (χ0) is 16.9. The molecule has 0 bridgehead atoms. The van der Waals surface area contributed by atoms with Gasteiger partial charge in [-0.15, -0.1) is 13.2 Å². The van der Waals surface area contributed by atoms with E-state index in [1.807, 2.05) is 0 Å². The van der Waals surface area contributed by atoms with Gasteiger partial charge in [-0.3, -0.25) is 0 Å². The molecule has 1 atom stereocenters. The second kappa shape index (κ2) is 7.34. The second-order valence-corrected chi connectivity index (χ2v) is 4.87. The molecule has 0 heterocycles. The highest BCUT2D eigenvalue weighted by Gasteiger charge is 2.30. The van der Waals surface area contributed by atoms with Crippen LogP contribution in [-0.4, -0.2) is 35.8 Å². The van der Waals surface area contributed by atoms with Crippen molar-refractivity contribution in [1.82, 2.24) is 0 Å². The Morgan fingerprint density at radius 1 is 0.957 bits per heavy atom. The van der Waals surface area contributed by atoms with Crippen molar-refractivity contribution in [2.75, 3.05) is 18.5 Å². The lowest BCUT2D eigenvalue weighted by Gasteiger charge is -2.11. The van der Waals surface area contributed by atoms with E-state index in [9.17, 15) is 18.3 Å². The van der Waals surface area contributed by atoms with E-state index in [1.54, 1.807) is 36.4 Å². The first-order valence-corrected chi connectivity index (χ1v) is 6.86. The van der Waals surface area contributed by atoms with E-state index in [-0.39, 0.29) is 18.9 Å². The van der Waals surface area contributed by atoms with Crippen molar-refractivity contribution in [3.05, 3.63) is 48.5 Å². The third-order valence-electron chi connectivity index (χ3n) is 3.06. The lowest BCUT2D eigenvalue weighted by Crippen LogP contribution is -2.22. The third kappa shape index (κ3) is 5.46. The van der Waals surface area contributed by atoms with Crippen LogP contribution in [0, 0.1) is 0 Å². The van der Waals surface area contributed by atoms with Gasteiger partial charge in [0, 0.05) is 12.2 Å². The fraction of sp³-hybridized carbons (Fsp3) is 0.250. The van der Waals surface area contributed by atoms with Gasteiger partial charge in [-0.05, 0) is 35.4 Å². The minimum atomic E-state index is -4.70. The molecule has 3 N–H and O–H groups in total. The summed E-state index contributed by atoms with van der Waals surface area (Å²) in [5.41, 5.74) is 2.34. The van der Waals surface area contributed by atoms with Crippen LogP contribution in [0.25, 0.3) is 11.1 Å². The normalized spacial score (nSPS) is 12.7. The molecular formula is C16H16F3NO3. The molecule has 0 radical (unpaired) electrons. The Balaban J connectivity index is 2.01. The Hall–Kier alpha value is -2.25. The molecule has 0 saturated carbocycles. The number of nitrogens with one attached hydrogen (secondary N) is 1. The standard InChI is InChI=1S/C16H16F3NO3/c17-16(18,19)23-15-7-3-12(4-8-15)11-1-5-13(6-2-11)20-9-14(22)10-21/h1-8,14,20-22H,9-10H2. The lowest BCUT2D eigenvalue weighted by molar-refractivity contribution is -0.274. The maximum absolute atomic E-state index is 12.1. The van der Waals surface area contributed by atoms with Crippen LogP contribution in [0.3, 0.4) is 0 Å². The molecule has 7 heteroatoms. The number of anilines is 1. The summed E-state index contributed by atoms with van der Waals surface area (Å²) in [6.07, 6.45) is -5.54. The van der Waals surface area contributed by atoms with E-state index in [2.05, 4.69) is 10.1 Å². The van der Waals surface area contributed by atoms with E-state index in [0.717, 1.165) is 16.8 Å². The van der Waals surface area contributed by atoms with Crippen molar-refractivity contribution in [2.45, 2.75) is 12.5 Å².